The van der Waals surface area contributed by atoms with Crippen molar-refractivity contribution in [2.75, 3.05) is 12.5 Å². The monoisotopic (exact) mass is 305 g/mol. The molecule has 3 N–H and O–H groups in total. The van der Waals surface area contributed by atoms with E-state index in [1.165, 1.54) is 12.4 Å². The normalized spacial score (nSPS) is 11.8. The number of nitrogen functional groups attached to an aromatic ring is 1. The Kier molecular flexibility index (Phi) is 4.72. The van der Waals surface area contributed by atoms with Crippen molar-refractivity contribution in [1.29, 1.82) is 0 Å². The Bertz CT molecular complexity index is 632. The first-order valence-corrected chi connectivity index (χ1v) is 6.72. The van der Waals surface area contributed by atoms with Gasteiger partial charge in [0.05, 0.1) is 18.4 Å². The Morgan fingerprint density at radius 2 is 2.05 bits per heavy atom. The second kappa shape index (κ2) is 6.51. The van der Waals surface area contributed by atoms with E-state index in [9.17, 15) is 4.79 Å². The zero-order valence-electron chi connectivity index (χ0n) is 11.7. The van der Waals surface area contributed by atoms with Gasteiger partial charge in [-0.25, -0.2) is 15.8 Å². The summed E-state index contributed by atoms with van der Waals surface area (Å²) in [6, 6.07) is 7.25. The van der Waals surface area contributed by atoms with Gasteiger partial charge in [0.25, 0.3) is 5.91 Å². The minimum atomic E-state index is -0.238. The van der Waals surface area contributed by atoms with Gasteiger partial charge in [-0.3, -0.25) is 4.79 Å². The quantitative estimate of drug-likeness (QED) is 0.668. The molecule has 7 heteroatoms. The van der Waals surface area contributed by atoms with E-state index in [1.54, 1.807) is 18.0 Å². The molecule has 6 nitrogen and oxygen atoms in total. The van der Waals surface area contributed by atoms with Gasteiger partial charge in [-0.05, 0) is 18.6 Å². The number of carbonyl (C=O) groups excluding carboxylic acids is 1. The van der Waals surface area contributed by atoms with Gasteiger partial charge in [0.1, 0.15) is 5.69 Å². The number of carbonyl (C=O) groups is 1. The molecular weight excluding hydrogens is 290 g/mol. The highest BCUT2D eigenvalue weighted by atomic mass is 35.5. The molecular formula is C14H16ClN5O. The molecule has 0 aliphatic heterocycles. The third-order valence-electron chi connectivity index (χ3n) is 3.28. The Morgan fingerprint density at radius 3 is 2.62 bits per heavy atom. The van der Waals surface area contributed by atoms with Gasteiger partial charge in [-0.2, -0.15) is 0 Å². The van der Waals surface area contributed by atoms with E-state index in [0.29, 0.717) is 10.8 Å². The minimum absolute atomic E-state index is 0.180. The third kappa shape index (κ3) is 3.29. The molecule has 0 aliphatic rings. The van der Waals surface area contributed by atoms with Gasteiger partial charge < -0.3 is 10.3 Å². The van der Waals surface area contributed by atoms with Crippen LogP contribution in [0.5, 0.6) is 0 Å². The van der Waals surface area contributed by atoms with E-state index in [4.69, 9.17) is 17.4 Å². The van der Waals surface area contributed by atoms with Crippen LogP contribution in [0.25, 0.3) is 0 Å². The minimum Gasteiger partial charge on any atom is -0.334 e. The number of nitrogens with zero attached hydrogens (tertiary/aromatic N) is 3. The smallest absolute Gasteiger partial charge is 0.274 e. The summed E-state index contributed by atoms with van der Waals surface area (Å²) in [5.74, 6) is 5.37. The zero-order valence-corrected chi connectivity index (χ0v) is 12.5. The van der Waals surface area contributed by atoms with Crippen LogP contribution in [0.3, 0.4) is 0 Å². The molecule has 21 heavy (non-hydrogen) atoms. The van der Waals surface area contributed by atoms with Crippen LogP contribution >= 0.6 is 11.6 Å². The van der Waals surface area contributed by atoms with Crippen molar-refractivity contribution in [3.63, 3.8) is 0 Å². The number of nitrogens with one attached hydrogen (secondary N) is 1. The third-order valence-corrected chi connectivity index (χ3v) is 3.62. The Morgan fingerprint density at radius 1 is 1.33 bits per heavy atom. The molecule has 1 atom stereocenters. The fraction of sp³-hybridized carbons (Fsp3) is 0.214. The summed E-state index contributed by atoms with van der Waals surface area (Å²) in [6.07, 6.45) is 2.79. The van der Waals surface area contributed by atoms with Crippen molar-refractivity contribution in [1.82, 2.24) is 14.9 Å². The predicted molar refractivity (Wildman–Crippen MR) is 81.8 cm³/mol. The summed E-state index contributed by atoms with van der Waals surface area (Å²) in [6.45, 7) is 1.91. The van der Waals surface area contributed by atoms with Crippen molar-refractivity contribution < 1.29 is 4.79 Å². The summed E-state index contributed by atoms with van der Waals surface area (Å²) in [5, 5.41) is 0.624. The van der Waals surface area contributed by atoms with Crippen LogP contribution in [0, 0.1) is 0 Å². The molecule has 110 valence electrons. The SMILES string of the molecule is CC(c1ccccc1Cl)N(C)C(=O)c1cnc(NN)cn1. The molecule has 1 aromatic carbocycles. The number of hydrogen-bond acceptors (Lipinski definition) is 5. The van der Waals surface area contributed by atoms with Gasteiger partial charge >= 0.3 is 0 Å². The van der Waals surface area contributed by atoms with Crippen LogP contribution in [0.2, 0.25) is 5.02 Å². The number of hydrazine groups is 1. The van der Waals surface area contributed by atoms with Crippen LogP contribution < -0.4 is 11.3 Å². The first-order valence-electron chi connectivity index (χ1n) is 6.35. The molecule has 0 saturated carbocycles. The largest absolute Gasteiger partial charge is 0.334 e. The van der Waals surface area contributed by atoms with Crippen molar-refractivity contribution in [2.24, 2.45) is 5.84 Å². The fourth-order valence-electron chi connectivity index (χ4n) is 1.89. The molecule has 2 rings (SSSR count). The number of aromatic nitrogens is 2. The molecule has 1 unspecified atom stereocenters. The molecule has 0 bridgehead atoms. The molecule has 1 amide bonds. The van der Waals surface area contributed by atoms with Crippen molar-refractivity contribution >= 4 is 23.3 Å². The van der Waals surface area contributed by atoms with E-state index in [-0.39, 0.29) is 17.6 Å². The molecule has 1 aromatic heterocycles. The number of halogens is 1. The lowest BCUT2D eigenvalue weighted by molar-refractivity contribution is 0.0736. The Labute approximate surface area is 127 Å². The van der Waals surface area contributed by atoms with Gasteiger partial charge in [-0.1, -0.05) is 29.8 Å². The average molecular weight is 306 g/mol. The maximum atomic E-state index is 12.4. The molecule has 0 fully saturated rings. The maximum absolute atomic E-state index is 12.4. The number of hydrogen-bond donors (Lipinski definition) is 2. The highest BCUT2D eigenvalue weighted by Crippen LogP contribution is 2.26. The van der Waals surface area contributed by atoms with E-state index in [0.717, 1.165) is 5.56 Å². The van der Waals surface area contributed by atoms with E-state index in [2.05, 4.69) is 15.4 Å². The van der Waals surface area contributed by atoms with Gasteiger partial charge in [0.15, 0.2) is 5.82 Å². The summed E-state index contributed by atoms with van der Waals surface area (Å²) in [7, 11) is 1.70. The van der Waals surface area contributed by atoms with Crippen molar-refractivity contribution in [3.05, 3.63) is 52.9 Å². The van der Waals surface area contributed by atoms with E-state index >= 15 is 0 Å². The number of anilines is 1. The second-order valence-corrected chi connectivity index (χ2v) is 4.95. The molecule has 2 aromatic rings. The lowest BCUT2D eigenvalue weighted by Crippen LogP contribution is -2.30. The first kappa shape index (κ1) is 15.2. The standard InChI is InChI=1S/C14H16ClN5O/c1-9(10-5-3-4-6-11(10)15)20(2)14(21)12-7-18-13(19-16)8-17-12/h3-9H,16H2,1-2H3,(H,18,19). The van der Waals surface area contributed by atoms with E-state index in [1.807, 2.05) is 25.1 Å². The van der Waals surface area contributed by atoms with Crippen molar-refractivity contribution in [3.8, 4) is 0 Å². The molecule has 0 spiro atoms. The van der Waals surface area contributed by atoms with Crippen LogP contribution in [0.4, 0.5) is 5.82 Å². The van der Waals surface area contributed by atoms with Crippen LogP contribution in [-0.2, 0) is 0 Å². The number of nitrogens with two attached hydrogens (primary N) is 1. The number of benzene rings is 1. The fourth-order valence-corrected chi connectivity index (χ4v) is 2.19. The van der Waals surface area contributed by atoms with Crippen LogP contribution in [-0.4, -0.2) is 27.8 Å². The van der Waals surface area contributed by atoms with Crippen molar-refractivity contribution in [2.45, 2.75) is 13.0 Å². The average Bonchev–Trinajstić information content (AvgIpc) is 2.53. The van der Waals surface area contributed by atoms with Gasteiger partial charge in [0, 0.05) is 12.1 Å². The Hall–Kier alpha value is -2.18. The topological polar surface area (TPSA) is 84.1 Å². The van der Waals surface area contributed by atoms with Gasteiger partial charge in [-0.15, -0.1) is 0 Å². The lowest BCUT2D eigenvalue weighted by Gasteiger charge is -2.25. The zero-order chi connectivity index (χ0) is 15.4. The van der Waals surface area contributed by atoms with Crippen LogP contribution in [0.1, 0.15) is 29.0 Å². The molecule has 0 aliphatic carbocycles. The van der Waals surface area contributed by atoms with E-state index < -0.39 is 0 Å². The van der Waals surface area contributed by atoms with Crippen LogP contribution in [0.15, 0.2) is 36.7 Å². The number of amides is 1. The summed E-state index contributed by atoms with van der Waals surface area (Å²) < 4.78 is 0. The highest BCUT2D eigenvalue weighted by Gasteiger charge is 2.21. The summed E-state index contributed by atoms with van der Waals surface area (Å²) >= 11 is 6.17. The van der Waals surface area contributed by atoms with Gasteiger partial charge in [0.2, 0.25) is 0 Å². The summed E-state index contributed by atoms with van der Waals surface area (Å²) in [5.41, 5.74) is 3.49. The molecule has 0 radical (unpaired) electrons. The Balaban J connectivity index is 2.20. The second-order valence-electron chi connectivity index (χ2n) is 4.54. The maximum Gasteiger partial charge on any atom is 0.274 e. The predicted octanol–water partition coefficient (Wildman–Crippen LogP) is 2.25. The molecule has 0 saturated heterocycles. The number of rotatable bonds is 4. The molecule has 1 heterocycles. The first-order chi connectivity index (χ1) is 10.0. The highest BCUT2D eigenvalue weighted by molar-refractivity contribution is 6.31. The summed E-state index contributed by atoms with van der Waals surface area (Å²) in [4.78, 5) is 22.0. The lowest BCUT2D eigenvalue weighted by atomic mass is 10.1.